The maximum Gasteiger partial charge on any atom is 0.417 e. The minimum atomic E-state index is -4.49. The number of hydrogen-bond donors (Lipinski definition) is 0. The SMILES string of the molecule is N#C/C(=C\c1ccc(OCc2ccccc2F)cc1)c1ccc(C(F)(F)F)cn1. The third kappa shape index (κ3) is 5.20. The fourth-order valence-corrected chi connectivity index (χ4v) is 2.49. The van der Waals surface area contributed by atoms with Crippen molar-refractivity contribution < 1.29 is 22.3 Å². The molecule has 0 aliphatic rings. The van der Waals surface area contributed by atoms with Gasteiger partial charge in [-0.15, -0.1) is 0 Å². The van der Waals surface area contributed by atoms with Crippen molar-refractivity contribution in [2.45, 2.75) is 12.8 Å². The van der Waals surface area contributed by atoms with Crippen LogP contribution in [0.2, 0.25) is 0 Å². The second kappa shape index (κ2) is 8.57. The van der Waals surface area contributed by atoms with E-state index in [9.17, 15) is 22.8 Å². The maximum atomic E-state index is 13.6. The Bertz CT molecular complexity index is 1050. The molecular formula is C22H14F4N2O. The summed E-state index contributed by atoms with van der Waals surface area (Å²) in [5.41, 5.74) is 0.451. The maximum absolute atomic E-state index is 13.6. The van der Waals surface area contributed by atoms with Gasteiger partial charge in [-0.2, -0.15) is 18.4 Å². The number of benzene rings is 2. The largest absolute Gasteiger partial charge is 0.489 e. The molecule has 0 radical (unpaired) electrons. The van der Waals surface area contributed by atoms with Gasteiger partial charge in [0.15, 0.2) is 0 Å². The highest BCUT2D eigenvalue weighted by molar-refractivity contribution is 5.88. The van der Waals surface area contributed by atoms with Gasteiger partial charge in [-0.05, 0) is 42.0 Å². The molecule has 3 rings (SSSR count). The number of aromatic nitrogens is 1. The van der Waals surface area contributed by atoms with Crippen molar-refractivity contribution in [2.75, 3.05) is 0 Å². The zero-order chi connectivity index (χ0) is 20.9. The van der Waals surface area contributed by atoms with Gasteiger partial charge in [0, 0.05) is 11.8 Å². The molecule has 0 spiro atoms. The van der Waals surface area contributed by atoms with Crippen LogP contribution in [0.3, 0.4) is 0 Å². The number of halogens is 4. The Balaban J connectivity index is 1.72. The molecule has 0 N–H and O–H groups in total. The van der Waals surface area contributed by atoms with Crippen LogP contribution >= 0.6 is 0 Å². The molecule has 3 nitrogen and oxygen atoms in total. The van der Waals surface area contributed by atoms with Gasteiger partial charge in [-0.25, -0.2) is 4.39 Å². The lowest BCUT2D eigenvalue weighted by molar-refractivity contribution is -0.137. The molecular weight excluding hydrogens is 384 g/mol. The van der Waals surface area contributed by atoms with E-state index in [4.69, 9.17) is 4.74 Å². The Morgan fingerprint density at radius 2 is 1.76 bits per heavy atom. The molecule has 0 aliphatic carbocycles. The van der Waals surface area contributed by atoms with Crippen molar-refractivity contribution in [3.63, 3.8) is 0 Å². The number of pyridine rings is 1. The van der Waals surface area contributed by atoms with Gasteiger partial charge in [-0.1, -0.05) is 30.3 Å². The number of alkyl halides is 3. The van der Waals surface area contributed by atoms with Crippen LogP contribution in [0.5, 0.6) is 5.75 Å². The lowest BCUT2D eigenvalue weighted by Crippen LogP contribution is -2.05. The van der Waals surface area contributed by atoms with Crippen LogP contribution < -0.4 is 4.74 Å². The normalized spacial score (nSPS) is 11.8. The first-order valence-electron chi connectivity index (χ1n) is 8.48. The van der Waals surface area contributed by atoms with Crippen LogP contribution in [0.15, 0.2) is 66.9 Å². The van der Waals surface area contributed by atoms with Crippen LogP contribution in [0.4, 0.5) is 17.6 Å². The van der Waals surface area contributed by atoms with Gasteiger partial charge in [0.1, 0.15) is 24.2 Å². The van der Waals surface area contributed by atoms with E-state index in [2.05, 4.69) is 4.98 Å². The Labute approximate surface area is 164 Å². The van der Waals surface area contributed by atoms with Crippen molar-refractivity contribution in [1.82, 2.24) is 4.98 Å². The lowest BCUT2D eigenvalue weighted by Gasteiger charge is -2.08. The number of nitriles is 1. The summed E-state index contributed by atoms with van der Waals surface area (Å²) in [6.45, 7) is 0.0702. The van der Waals surface area contributed by atoms with E-state index in [1.807, 2.05) is 6.07 Å². The molecule has 146 valence electrons. The third-order valence-corrected chi connectivity index (χ3v) is 4.03. The molecule has 29 heavy (non-hydrogen) atoms. The van der Waals surface area contributed by atoms with Crippen LogP contribution in [-0.2, 0) is 12.8 Å². The molecule has 0 fully saturated rings. The van der Waals surface area contributed by atoms with Crippen molar-refractivity contribution in [3.8, 4) is 11.8 Å². The van der Waals surface area contributed by atoms with E-state index in [0.717, 1.165) is 12.1 Å². The summed E-state index contributed by atoms with van der Waals surface area (Å²) in [5, 5.41) is 9.32. The highest BCUT2D eigenvalue weighted by Gasteiger charge is 2.30. The highest BCUT2D eigenvalue weighted by Crippen LogP contribution is 2.29. The Kier molecular flexibility index (Phi) is 5.93. The molecule has 0 atom stereocenters. The second-order valence-corrected chi connectivity index (χ2v) is 6.05. The summed E-state index contributed by atoms with van der Waals surface area (Å²) in [5.74, 6) is 0.159. The van der Waals surface area contributed by atoms with Crippen LogP contribution in [0.1, 0.15) is 22.4 Å². The van der Waals surface area contributed by atoms with E-state index >= 15 is 0 Å². The standard InChI is InChI=1S/C22H14F4N2O/c23-20-4-2-1-3-16(20)14-29-19-8-5-15(6-9-19)11-17(12-27)21-10-7-18(13-28-21)22(24,25)26/h1-11,13H,14H2/b17-11+. The summed E-state index contributed by atoms with van der Waals surface area (Å²) in [4.78, 5) is 3.73. The average Bonchev–Trinajstić information content (AvgIpc) is 2.72. The molecule has 2 aromatic carbocycles. The van der Waals surface area contributed by atoms with Gasteiger partial charge in [-0.3, -0.25) is 4.98 Å². The summed E-state index contributed by atoms with van der Waals surface area (Å²) >= 11 is 0. The molecule has 1 heterocycles. The second-order valence-electron chi connectivity index (χ2n) is 6.05. The van der Waals surface area contributed by atoms with Crippen LogP contribution in [0, 0.1) is 17.1 Å². The Morgan fingerprint density at radius 3 is 2.34 bits per heavy atom. The highest BCUT2D eigenvalue weighted by atomic mass is 19.4. The van der Waals surface area contributed by atoms with E-state index in [0.29, 0.717) is 23.1 Å². The molecule has 7 heteroatoms. The molecule has 0 amide bonds. The van der Waals surface area contributed by atoms with E-state index in [-0.39, 0.29) is 23.7 Å². The van der Waals surface area contributed by atoms with Crippen LogP contribution in [-0.4, -0.2) is 4.98 Å². The zero-order valence-corrected chi connectivity index (χ0v) is 14.9. The molecule has 0 aliphatic heterocycles. The number of allylic oxidation sites excluding steroid dienone is 1. The molecule has 0 bridgehead atoms. The number of ether oxygens (including phenoxy) is 1. The molecule has 0 saturated heterocycles. The van der Waals surface area contributed by atoms with E-state index in [1.165, 1.54) is 12.1 Å². The lowest BCUT2D eigenvalue weighted by atomic mass is 10.1. The fourth-order valence-electron chi connectivity index (χ4n) is 2.49. The molecule has 0 unspecified atom stereocenters. The van der Waals surface area contributed by atoms with Crippen LogP contribution in [0.25, 0.3) is 11.6 Å². The van der Waals surface area contributed by atoms with Gasteiger partial charge >= 0.3 is 6.18 Å². The smallest absolute Gasteiger partial charge is 0.417 e. The first kappa shape index (κ1) is 20.1. The van der Waals surface area contributed by atoms with Gasteiger partial charge in [0.2, 0.25) is 0 Å². The zero-order valence-electron chi connectivity index (χ0n) is 14.9. The Hall–Kier alpha value is -3.66. The Morgan fingerprint density at radius 1 is 1.03 bits per heavy atom. The van der Waals surface area contributed by atoms with Crippen molar-refractivity contribution >= 4 is 11.6 Å². The monoisotopic (exact) mass is 398 g/mol. The summed E-state index contributed by atoms with van der Waals surface area (Å²) < 4.78 is 57.0. The van der Waals surface area contributed by atoms with Crippen molar-refractivity contribution in [3.05, 3.63) is 95.1 Å². The number of rotatable bonds is 5. The molecule has 0 saturated carbocycles. The predicted octanol–water partition coefficient (Wildman–Crippen LogP) is 5.88. The first-order chi connectivity index (χ1) is 13.9. The fraction of sp³-hybridized carbons (Fsp3) is 0.0909. The predicted molar refractivity (Wildman–Crippen MR) is 99.9 cm³/mol. The van der Waals surface area contributed by atoms with E-state index < -0.39 is 11.7 Å². The minimum absolute atomic E-state index is 0.0702. The molecule has 1 aromatic heterocycles. The van der Waals surface area contributed by atoms with Crippen molar-refractivity contribution in [2.24, 2.45) is 0 Å². The van der Waals surface area contributed by atoms with Gasteiger partial charge in [0.25, 0.3) is 0 Å². The summed E-state index contributed by atoms with van der Waals surface area (Å²) in [6.07, 6.45) is -2.28. The van der Waals surface area contributed by atoms with E-state index in [1.54, 1.807) is 42.5 Å². The minimum Gasteiger partial charge on any atom is -0.489 e. The average molecular weight is 398 g/mol. The number of hydrogen-bond acceptors (Lipinski definition) is 3. The topological polar surface area (TPSA) is 45.9 Å². The summed E-state index contributed by atoms with van der Waals surface area (Å²) in [6, 6.07) is 16.9. The first-order valence-corrected chi connectivity index (χ1v) is 8.48. The van der Waals surface area contributed by atoms with Gasteiger partial charge < -0.3 is 4.74 Å². The quantitative estimate of drug-likeness (QED) is 0.398. The summed E-state index contributed by atoms with van der Waals surface area (Å²) in [7, 11) is 0. The third-order valence-electron chi connectivity index (χ3n) is 4.03. The number of nitrogens with zero attached hydrogens (tertiary/aromatic N) is 2. The molecule has 3 aromatic rings. The van der Waals surface area contributed by atoms with Gasteiger partial charge in [0.05, 0.1) is 16.8 Å². The van der Waals surface area contributed by atoms with Crippen molar-refractivity contribution in [1.29, 1.82) is 5.26 Å².